The van der Waals surface area contributed by atoms with Gasteiger partial charge in [-0.3, -0.25) is 0 Å². The van der Waals surface area contributed by atoms with E-state index in [1.165, 1.54) is 22.2 Å². The molecule has 2 aromatic rings. The van der Waals surface area contributed by atoms with Crippen LogP contribution in [0.15, 0.2) is 35.6 Å². The molecule has 110 valence electrons. The monoisotopic (exact) mass is 324 g/mol. The third kappa shape index (κ3) is 3.08. The quantitative estimate of drug-likeness (QED) is 0.858. The number of nitriles is 1. The van der Waals surface area contributed by atoms with Crippen LogP contribution in [-0.2, 0) is 23.6 Å². The van der Waals surface area contributed by atoms with Gasteiger partial charge >= 0.3 is 0 Å². The second-order valence-corrected chi connectivity index (χ2v) is 6.84. The van der Waals surface area contributed by atoms with E-state index in [2.05, 4.69) is 4.98 Å². The highest BCUT2D eigenvalue weighted by atomic mass is 35.5. The molecule has 0 fully saturated rings. The normalized spacial score (nSPS) is 11.6. The zero-order chi connectivity index (χ0) is 15.6. The topological polar surface area (TPSA) is 79.0 Å². The van der Waals surface area contributed by atoms with Crippen LogP contribution in [0.5, 0.6) is 0 Å². The van der Waals surface area contributed by atoms with Crippen LogP contribution in [0.1, 0.15) is 11.1 Å². The highest BCUT2D eigenvalue weighted by molar-refractivity contribution is 7.89. The van der Waals surface area contributed by atoms with Gasteiger partial charge in [-0.15, -0.1) is 0 Å². The van der Waals surface area contributed by atoms with Gasteiger partial charge in [-0.25, -0.2) is 13.4 Å². The summed E-state index contributed by atoms with van der Waals surface area (Å²) in [6.45, 7) is 0.168. The Labute approximate surface area is 128 Å². The van der Waals surface area contributed by atoms with E-state index in [0.717, 1.165) is 5.56 Å². The van der Waals surface area contributed by atoms with Crippen LogP contribution >= 0.6 is 11.6 Å². The molecule has 8 heteroatoms. The fraction of sp³-hybridized carbons (Fsp3) is 0.231. The summed E-state index contributed by atoms with van der Waals surface area (Å²) in [4.78, 5) is 3.84. The minimum atomic E-state index is -3.76. The van der Waals surface area contributed by atoms with E-state index < -0.39 is 10.0 Å². The summed E-state index contributed by atoms with van der Waals surface area (Å²) in [7, 11) is -0.681. The lowest BCUT2D eigenvalue weighted by atomic mass is 10.1. The predicted molar refractivity (Wildman–Crippen MR) is 78.0 cm³/mol. The van der Waals surface area contributed by atoms with E-state index in [1.54, 1.807) is 31.3 Å². The molecule has 6 nitrogen and oxygen atoms in total. The maximum atomic E-state index is 12.4. The Balaban J connectivity index is 2.24. The Kier molecular flexibility index (Phi) is 4.32. The second-order valence-electron chi connectivity index (χ2n) is 4.52. The minimum absolute atomic E-state index is 0.0710. The molecule has 0 saturated heterocycles. The molecule has 0 saturated carbocycles. The molecular formula is C13H13ClN4O2S. The summed E-state index contributed by atoms with van der Waals surface area (Å²) in [6, 6.07) is 8.72. The Morgan fingerprint density at radius 1 is 1.38 bits per heavy atom. The Morgan fingerprint density at radius 3 is 2.48 bits per heavy atom. The number of imidazole rings is 1. The molecule has 0 bridgehead atoms. The van der Waals surface area contributed by atoms with Crippen molar-refractivity contribution in [2.45, 2.75) is 11.6 Å². The third-order valence-corrected chi connectivity index (χ3v) is 5.27. The van der Waals surface area contributed by atoms with Gasteiger partial charge in [0.05, 0.1) is 18.0 Å². The van der Waals surface area contributed by atoms with E-state index in [9.17, 15) is 8.42 Å². The molecule has 2 rings (SSSR count). The lowest BCUT2D eigenvalue weighted by Gasteiger charge is -2.16. The number of halogens is 1. The Hall–Kier alpha value is -1.88. The molecule has 0 amide bonds. The van der Waals surface area contributed by atoms with Crippen LogP contribution in [0.4, 0.5) is 0 Å². The van der Waals surface area contributed by atoms with E-state index in [4.69, 9.17) is 16.9 Å². The van der Waals surface area contributed by atoms with Crippen molar-refractivity contribution >= 4 is 21.6 Å². The van der Waals surface area contributed by atoms with E-state index in [1.807, 2.05) is 6.07 Å². The van der Waals surface area contributed by atoms with E-state index in [-0.39, 0.29) is 16.7 Å². The average Bonchev–Trinajstić information content (AvgIpc) is 2.80. The summed E-state index contributed by atoms with van der Waals surface area (Å²) in [6.07, 6.45) is 1.35. The lowest BCUT2D eigenvalue weighted by Crippen LogP contribution is -2.27. The van der Waals surface area contributed by atoms with Crippen LogP contribution in [0.3, 0.4) is 0 Å². The molecule has 0 aliphatic carbocycles. The number of hydrogen-bond acceptors (Lipinski definition) is 4. The molecule has 0 unspecified atom stereocenters. The first-order valence-electron chi connectivity index (χ1n) is 5.98. The smallest absolute Gasteiger partial charge is 0.263 e. The van der Waals surface area contributed by atoms with Crippen LogP contribution in [0.2, 0.25) is 5.15 Å². The van der Waals surface area contributed by atoms with Crippen LogP contribution in [0, 0.1) is 11.3 Å². The van der Waals surface area contributed by atoms with Crippen molar-refractivity contribution in [3.8, 4) is 6.07 Å². The fourth-order valence-corrected chi connectivity index (χ4v) is 3.28. The van der Waals surface area contributed by atoms with Crippen molar-refractivity contribution < 1.29 is 8.42 Å². The molecular weight excluding hydrogens is 312 g/mol. The lowest BCUT2D eigenvalue weighted by molar-refractivity contribution is 0.464. The first-order chi connectivity index (χ1) is 9.86. The fourth-order valence-electron chi connectivity index (χ4n) is 1.74. The summed E-state index contributed by atoms with van der Waals surface area (Å²) in [5.41, 5.74) is 1.30. The number of hydrogen-bond donors (Lipinski definition) is 0. The summed E-state index contributed by atoms with van der Waals surface area (Å²) >= 11 is 5.94. The van der Waals surface area contributed by atoms with Gasteiger partial charge in [-0.2, -0.15) is 9.57 Å². The number of benzene rings is 1. The number of aromatic nitrogens is 2. The zero-order valence-corrected chi connectivity index (χ0v) is 13.1. The van der Waals surface area contributed by atoms with Crippen molar-refractivity contribution in [2.75, 3.05) is 7.05 Å². The van der Waals surface area contributed by atoms with Crippen molar-refractivity contribution in [1.29, 1.82) is 5.26 Å². The van der Waals surface area contributed by atoms with Gasteiger partial charge in [-0.05, 0) is 17.7 Å². The SMILES string of the molecule is CN(Cc1ccc(C#N)cc1)S(=O)(=O)c1ncn(C)c1Cl. The molecule has 0 atom stereocenters. The largest absolute Gasteiger partial charge is 0.324 e. The summed E-state index contributed by atoms with van der Waals surface area (Å²) < 4.78 is 27.4. The molecule has 0 N–H and O–H groups in total. The molecule has 0 aliphatic heterocycles. The first-order valence-corrected chi connectivity index (χ1v) is 7.80. The minimum Gasteiger partial charge on any atom is -0.324 e. The Morgan fingerprint density at radius 2 is 2.00 bits per heavy atom. The van der Waals surface area contributed by atoms with Gasteiger partial charge in [0.25, 0.3) is 10.0 Å². The molecule has 0 radical (unpaired) electrons. The number of aryl methyl sites for hydroxylation is 1. The second kappa shape index (κ2) is 5.85. The maximum Gasteiger partial charge on any atom is 0.263 e. The summed E-state index contributed by atoms with van der Waals surface area (Å²) in [5, 5.41) is 8.65. The average molecular weight is 325 g/mol. The van der Waals surface area contributed by atoms with Crippen molar-refractivity contribution in [3.05, 3.63) is 46.9 Å². The maximum absolute atomic E-state index is 12.4. The van der Waals surface area contributed by atoms with Gasteiger partial charge < -0.3 is 4.57 Å². The highest BCUT2D eigenvalue weighted by Gasteiger charge is 2.27. The number of rotatable bonds is 4. The molecule has 1 aromatic carbocycles. The van der Waals surface area contributed by atoms with Crippen LogP contribution in [0.25, 0.3) is 0 Å². The third-order valence-electron chi connectivity index (χ3n) is 2.98. The first kappa shape index (κ1) is 15.5. The molecule has 1 heterocycles. The van der Waals surface area contributed by atoms with Crippen molar-refractivity contribution in [1.82, 2.24) is 13.9 Å². The number of sulfonamides is 1. The Bertz CT molecular complexity index is 791. The molecule has 0 aliphatic rings. The highest BCUT2D eigenvalue weighted by Crippen LogP contribution is 2.22. The van der Waals surface area contributed by atoms with Gasteiger partial charge in [0.1, 0.15) is 5.15 Å². The summed E-state index contributed by atoms with van der Waals surface area (Å²) in [5.74, 6) is 0. The van der Waals surface area contributed by atoms with Gasteiger partial charge in [0, 0.05) is 20.6 Å². The molecule has 1 aromatic heterocycles. The van der Waals surface area contributed by atoms with Crippen LogP contribution in [-0.4, -0.2) is 29.3 Å². The van der Waals surface area contributed by atoms with Crippen LogP contribution < -0.4 is 0 Å². The van der Waals surface area contributed by atoms with Crippen molar-refractivity contribution in [3.63, 3.8) is 0 Å². The van der Waals surface area contributed by atoms with Gasteiger partial charge in [0.15, 0.2) is 0 Å². The number of nitrogens with zero attached hydrogens (tertiary/aromatic N) is 4. The molecule has 0 spiro atoms. The van der Waals surface area contributed by atoms with Gasteiger partial charge in [-0.1, -0.05) is 23.7 Å². The standard InChI is InChI=1S/C13H13ClN4O2S/c1-17-9-16-13(12(17)14)21(19,20)18(2)8-11-5-3-10(7-15)4-6-11/h3-6,9H,8H2,1-2H3. The van der Waals surface area contributed by atoms with Crippen molar-refractivity contribution in [2.24, 2.45) is 7.05 Å². The van der Waals surface area contributed by atoms with Gasteiger partial charge in [0.2, 0.25) is 5.03 Å². The van der Waals surface area contributed by atoms with E-state index >= 15 is 0 Å². The van der Waals surface area contributed by atoms with E-state index in [0.29, 0.717) is 5.56 Å². The molecule has 21 heavy (non-hydrogen) atoms. The zero-order valence-electron chi connectivity index (χ0n) is 11.5. The predicted octanol–water partition coefficient (Wildman–Crippen LogP) is 1.77.